The van der Waals surface area contributed by atoms with Crippen LogP contribution in [0.25, 0.3) is 5.57 Å². The van der Waals surface area contributed by atoms with Crippen molar-refractivity contribution in [2.45, 2.75) is 13.8 Å². The first-order valence-corrected chi connectivity index (χ1v) is 9.19. The van der Waals surface area contributed by atoms with Gasteiger partial charge in [-0.15, -0.1) is 16.8 Å². The third-order valence-electron chi connectivity index (χ3n) is 3.57. The molecule has 0 radical (unpaired) electrons. The molecule has 2 aromatic rings. The summed E-state index contributed by atoms with van der Waals surface area (Å²) in [6.07, 6.45) is 1.68. The van der Waals surface area contributed by atoms with E-state index in [1.165, 1.54) is 23.1 Å². The van der Waals surface area contributed by atoms with E-state index in [9.17, 15) is 4.79 Å². The van der Waals surface area contributed by atoms with Crippen LogP contribution in [-0.4, -0.2) is 32.7 Å². The Balaban J connectivity index is 2.00. The summed E-state index contributed by atoms with van der Waals surface area (Å²) >= 11 is 2.73. The van der Waals surface area contributed by atoms with E-state index >= 15 is 0 Å². The molecule has 1 amide bonds. The molecule has 1 aliphatic rings. The average Bonchev–Trinajstić information content (AvgIpc) is 3.13. The van der Waals surface area contributed by atoms with Gasteiger partial charge in [-0.25, -0.2) is 0 Å². The highest BCUT2D eigenvalue weighted by Gasteiger charge is 2.34. The number of rotatable bonds is 4. The van der Waals surface area contributed by atoms with E-state index in [1.54, 1.807) is 11.0 Å². The van der Waals surface area contributed by atoms with Crippen LogP contribution >= 0.6 is 23.1 Å². The van der Waals surface area contributed by atoms with Crippen LogP contribution in [0.1, 0.15) is 17.5 Å². The second-order valence-electron chi connectivity index (χ2n) is 5.38. The van der Waals surface area contributed by atoms with Gasteiger partial charge in [0.05, 0.1) is 4.91 Å². The highest BCUT2D eigenvalue weighted by Crippen LogP contribution is 2.38. The van der Waals surface area contributed by atoms with Crippen LogP contribution in [0.2, 0.25) is 0 Å². The lowest BCUT2D eigenvalue weighted by Gasteiger charge is -2.12. The minimum atomic E-state index is -0.0841. The maximum Gasteiger partial charge on any atom is 0.267 e. The van der Waals surface area contributed by atoms with Gasteiger partial charge in [0.2, 0.25) is 5.13 Å². The van der Waals surface area contributed by atoms with Crippen molar-refractivity contribution in [2.75, 3.05) is 12.3 Å². The first kappa shape index (κ1) is 17.4. The van der Waals surface area contributed by atoms with E-state index in [4.69, 9.17) is 5.73 Å². The number of carbonyl (C=O) groups is 1. The first-order chi connectivity index (χ1) is 12.0. The molecule has 0 unspecified atom stereocenters. The molecule has 0 spiro atoms. The summed E-state index contributed by atoms with van der Waals surface area (Å²) in [5.41, 5.74) is 8.28. The van der Waals surface area contributed by atoms with Crippen molar-refractivity contribution in [1.29, 1.82) is 0 Å². The molecule has 0 bridgehead atoms. The van der Waals surface area contributed by atoms with Gasteiger partial charge in [0.1, 0.15) is 5.01 Å². The maximum atomic E-state index is 12.8. The molecule has 0 aliphatic carbocycles. The molecule has 8 heteroatoms. The molecule has 1 saturated heterocycles. The number of amidine groups is 1. The molecule has 1 aromatic heterocycles. The molecule has 0 atom stereocenters. The number of aliphatic imine (C=N–C) groups is 1. The van der Waals surface area contributed by atoms with E-state index in [1.807, 2.05) is 38.1 Å². The van der Waals surface area contributed by atoms with Crippen LogP contribution in [0, 0.1) is 6.92 Å². The number of nitrogens with two attached hydrogens (primary N) is 1. The second kappa shape index (κ2) is 7.20. The topological polar surface area (TPSA) is 84.5 Å². The van der Waals surface area contributed by atoms with Crippen molar-refractivity contribution < 1.29 is 4.79 Å². The van der Waals surface area contributed by atoms with Gasteiger partial charge in [0, 0.05) is 12.2 Å². The molecule has 1 fully saturated rings. The van der Waals surface area contributed by atoms with Crippen LogP contribution in [0.4, 0.5) is 10.8 Å². The molecule has 2 heterocycles. The number of aromatic nitrogens is 2. The number of benzene rings is 1. The molecule has 2 N–H and O–H groups in total. The molecule has 128 valence electrons. The summed E-state index contributed by atoms with van der Waals surface area (Å²) in [6.45, 7) is 7.91. The quantitative estimate of drug-likeness (QED) is 0.504. The summed E-state index contributed by atoms with van der Waals surface area (Å²) < 4.78 is 0. The van der Waals surface area contributed by atoms with Gasteiger partial charge < -0.3 is 5.73 Å². The highest BCUT2D eigenvalue weighted by atomic mass is 32.2. The van der Waals surface area contributed by atoms with Gasteiger partial charge in [-0.2, -0.15) is 4.99 Å². The summed E-state index contributed by atoms with van der Waals surface area (Å²) in [6, 6.07) is 7.47. The molecular formula is C17H17N5OS2. The molecule has 1 aromatic carbocycles. The van der Waals surface area contributed by atoms with Crippen LogP contribution in [0.5, 0.6) is 0 Å². The van der Waals surface area contributed by atoms with Crippen molar-refractivity contribution in [3.63, 3.8) is 0 Å². The lowest BCUT2D eigenvalue weighted by molar-refractivity contribution is -0.121. The smallest absolute Gasteiger partial charge is 0.267 e. The number of hydrogen-bond acceptors (Lipinski definition) is 7. The van der Waals surface area contributed by atoms with Gasteiger partial charge in [-0.05, 0) is 48.9 Å². The minimum absolute atomic E-state index is 0.0841. The fraction of sp³-hybridized carbons (Fsp3) is 0.176. The Labute approximate surface area is 154 Å². The van der Waals surface area contributed by atoms with Crippen molar-refractivity contribution in [2.24, 2.45) is 4.99 Å². The van der Waals surface area contributed by atoms with Crippen molar-refractivity contribution in [1.82, 2.24) is 15.1 Å². The fourth-order valence-electron chi connectivity index (χ4n) is 2.29. The largest absolute Gasteiger partial charge is 0.399 e. The average molecular weight is 371 g/mol. The predicted molar refractivity (Wildman–Crippen MR) is 105 cm³/mol. The molecular weight excluding hydrogens is 354 g/mol. The third-order valence-corrected chi connectivity index (χ3v) is 5.48. The van der Waals surface area contributed by atoms with Crippen LogP contribution in [0.3, 0.4) is 0 Å². The Bertz CT molecular complexity index is 883. The van der Waals surface area contributed by atoms with Gasteiger partial charge in [-0.3, -0.25) is 9.69 Å². The lowest BCUT2D eigenvalue weighted by atomic mass is 10.1. The molecule has 25 heavy (non-hydrogen) atoms. The van der Waals surface area contributed by atoms with E-state index in [0.717, 1.165) is 16.1 Å². The number of nitrogens with zero attached hydrogens (tertiary/aromatic N) is 4. The van der Waals surface area contributed by atoms with Crippen molar-refractivity contribution in [3.05, 3.63) is 52.4 Å². The third kappa shape index (κ3) is 3.64. The number of aryl methyl sites for hydroxylation is 1. The van der Waals surface area contributed by atoms with Gasteiger partial charge >= 0.3 is 0 Å². The van der Waals surface area contributed by atoms with Crippen LogP contribution in [0.15, 0.2) is 46.8 Å². The van der Waals surface area contributed by atoms with Gasteiger partial charge in [-0.1, -0.05) is 29.5 Å². The van der Waals surface area contributed by atoms with E-state index < -0.39 is 0 Å². The summed E-state index contributed by atoms with van der Waals surface area (Å²) in [5.74, 6) is -0.0841. The number of nitrogen functional groups attached to an aromatic ring is 1. The number of thioether (sulfide) groups is 1. The Morgan fingerprint density at radius 1 is 1.36 bits per heavy atom. The van der Waals surface area contributed by atoms with Crippen molar-refractivity contribution in [3.8, 4) is 0 Å². The zero-order chi connectivity index (χ0) is 18.0. The van der Waals surface area contributed by atoms with E-state index in [-0.39, 0.29) is 5.91 Å². The molecule has 3 rings (SSSR count). The number of amides is 1. The Morgan fingerprint density at radius 2 is 2.08 bits per heavy atom. The first-order valence-electron chi connectivity index (χ1n) is 7.56. The maximum absolute atomic E-state index is 12.8. The monoisotopic (exact) mass is 371 g/mol. The summed E-state index contributed by atoms with van der Waals surface area (Å²) in [7, 11) is 0. The minimum Gasteiger partial charge on any atom is -0.399 e. The van der Waals surface area contributed by atoms with E-state index in [0.29, 0.717) is 27.4 Å². The standard InChI is InChI=1S/C17H17N5OS2/c1-4-9-22-15(23)14(10(2)12-5-7-13(18)8-6-12)25-17(22)19-16-21-20-11(3)24-16/h4-8H,1,9,18H2,2-3H3/b14-10-,19-17+. The zero-order valence-corrected chi connectivity index (χ0v) is 15.5. The Hall–Kier alpha value is -2.45. The molecule has 1 aliphatic heterocycles. The SMILES string of the molecule is C=CCN1C(=O)/C(=C(\C)c2ccc(N)cc2)S/C1=N/c1nnc(C)s1. The highest BCUT2D eigenvalue weighted by molar-refractivity contribution is 8.18. The van der Waals surface area contributed by atoms with Gasteiger partial charge in [0.25, 0.3) is 5.91 Å². The van der Waals surface area contributed by atoms with Gasteiger partial charge in [0.15, 0.2) is 5.17 Å². The Kier molecular flexibility index (Phi) is 5.00. The van der Waals surface area contributed by atoms with E-state index in [2.05, 4.69) is 21.8 Å². The summed E-state index contributed by atoms with van der Waals surface area (Å²) in [4.78, 5) is 19.6. The summed E-state index contributed by atoms with van der Waals surface area (Å²) in [5, 5.41) is 9.93. The predicted octanol–water partition coefficient (Wildman–Crippen LogP) is 3.61. The second-order valence-corrected chi connectivity index (χ2v) is 7.52. The number of hydrogen-bond donors (Lipinski definition) is 1. The van der Waals surface area contributed by atoms with Crippen LogP contribution < -0.4 is 5.73 Å². The number of carbonyl (C=O) groups excluding carboxylic acids is 1. The normalized spacial score (nSPS) is 18.1. The lowest BCUT2D eigenvalue weighted by Crippen LogP contribution is -2.29. The fourth-order valence-corrected chi connectivity index (χ4v) is 3.96. The van der Waals surface area contributed by atoms with Crippen LogP contribution in [-0.2, 0) is 4.79 Å². The number of allylic oxidation sites excluding steroid dienone is 1. The zero-order valence-electron chi connectivity index (χ0n) is 13.9. The van der Waals surface area contributed by atoms with Crippen molar-refractivity contribution >= 4 is 50.6 Å². The number of anilines is 1. The molecule has 0 saturated carbocycles. The molecule has 6 nitrogen and oxygen atoms in total. The Morgan fingerprint density at radius 3 is 2.68 bits per heavy atom.